The third-order valence-electron chi connectivity index (χ3n) is 2.57. The zero-order valence-corrected chi connectivity index (χ0v) is 13.6. The van der Waals surface area contributed by atoms with Gasteiger partial charge in [-0.05, 0) is 46.2 Å². The number of halogens is 2. The molecule has 0 aliphatic heterocycles. The van der Waals surface area contributed by atoms with Crippen molar-refractivity contribution in [2.75, 3.05) is 11.9 Å². The Balaban J connectivity index is 2.45. The molecule has 0 amide bonds. The van der Waals surface area contributed by atoms with Gasteiger partial charge in [0.2, 0.25) is 0 Å². The van der Waals surface area contributed by atoms with Crippen LogP contribution in [0.1, 0.15) is 20.8 Å². The molecule has 2 rings (SSSR count). The number of benzene rings is 1. The van der Waals surface area contributed by atoms with Crippen LogP contribution in [-0.2, 0) is 0 Å². The topological polar surface area (TPSA) is 24.9 Å². The summed E-state index contributed by atoms with van der Waals surface area (Å²) in [5, 5.41) is 5.27. The van der Waals surface area contributed by atoms with E-state index in [1.807, 2.05) is 12.1 Å². The Kier molecular flexibility index (Phi) is 4.02. The molecule has 0 bridgehead atoms. The fourth-order valence-electron chi connectivity index (χ4n) is 1.69. The molecule has 1 heterocycles. The summed E-state index contributed by atoms with van der Waals surface area (Å²) in [7, 11) is 0. The van der Waals surface area contributed by atoms with E-state index in [-0.39, 0.29) is 5.41 Å². The maximum atomic E-state index is 6.23. The molecule has 2 nitrogen and oxygen atoms in total. The van der Waals surface area contributed by atoms with Gasteiger partial charge in [0, 0.05) is 27.4 Å². The quantitative estimate of drug-likeness (QED) is 0.752. The number of fused-ring (bicyclic) bond motifs is 1. The average molecular weight is 375 g/mol. The highest BCUT2D eigenvalue weighted by molar-refractivity contribution is 14.1. The number of nitrogens with zero attached hydrogens (tertiary/aromatic N) is 1. The second-order valence-electron chi connectivity index (χ2n) is 5.56. The van der Waals surface area contributed by atoms with Crippen LogP contribution in [0.25, 0.3) is 10.9 Å². The van der Waals surface area contributed by atoms with Gasteiger partial charge in [-0.2, -0.15) is 0 Å². The molecular weight excluding hydrogens is 359 g/mol. The van der Waals surface area contributed by atoms with E-state index < -0.39 is 0 Å². The number of aromatic nitrogens is 1. The number of hydrogen-bond acceptors (Lipinski definition) is 2. The molecule has 0 aliphatic carbocycles. The highest BCUT2D eigenvalue weighted by atomic mass is 127. The molecular formula is C14H16ClIN2. The van der Waals surface area contributed by atoms with Crippen molar-refractivity contribution in [1.82, 2.24) is 4.98 Å². The van der Waals surface area contributed by atoms with E-state index in [0.717, 1.165) is 26.7 Å². The maximum absolute atomic E-state index is 6.23. The number of anilines is 1. The standard InChI is InChI=1S/C14H16ClIN2/c1-14(2,3)8-18-12-4-5-17-13-10(12)6-9(16)7-11(13)15/h4-7H,8H2,1-3H3,(H,17,18). The monoisotopic (exact) mass is 374 g/mol. The Morgan fingerprint density at radius 3 is 2.72 bits per heavy atom. The molecule has 18 heavy (non-hydrogen) atoms. The van der Waals surface area contributed by atoms with Crippen LogP contribution in [0.15, 0.2) is 24.4 Å². The molecule has 1 N–H and O–H groups in total. The van der Waals surface area contributed by atoms with Crippen LogP contribution < -0.4 is 5.32 Å². The van der Waals surface area contributed by atoms with Crippen LogP contribution >= 0.6 is 34.2 Å². The minimum absolute atomic E-state index is 0.237. The Morgan fingerprint density at radius 1 is 1.33 bits per heavy atom. The van der Waals surface area contributed by atoms with E-state index in [1.165, 1.54) is 0 Å². The molecule has 0 spiro atoms. The Bertz CT molecular complexity index is 576. The van der Waals surface area contributed by atoms with Crippen LogP contribution in [0.5, 0.6) is 0 Å². The smallest absolute Gasteiger partial charge is 0.0909 e. The van der Waals surface area contributed by atoms with Gasteiger partial charge in [0.05, 0.1) is 10.5 Å². The molecule has 0 aliphatic rings. The van der Waals surface area contributed by atoms with Crippen molar-refractivity contribution in [3.05, 3.63) is 33.0 Å². The van der Waals surface area contributed by atoms with Gasteiger partial charge >= 0.3 is 0 Å². The van der Waals surface area contributed by atoms with Crippen LogP contribution in [0.2, 0.25) is 5.02 Å². The lowest BCUT2D eigenvalue weighted by Gasteiger charge is -2.20. The molecule has 4 heteroatoms. The molecule has 0 fully saturated rings. The van der Waals surface area contributed by atoms with Crippen molar-refractivity contribution >= 4 is 50.8 Å². The van der Waals surface area contributed by atoms with Gasteiger partial charge in [-0.1, -0.05) is 32.4 Å². The molecule has 1 aromatic heterocycles. The molecule has 0 unspecified atom stereocenters. The molecule has 0 saturated heterocycles. The van der Waals surface area contributed by atoms with Crippen molar-refractivity contribution in [1.29, 1.82) is 0 Å². The number of nitrogens with one attached hydrogen (secondary N) is 1. The van der Waals surface area contributed by atoms with Crippen LogP contribution in [0, 0.1) is 8.99 Å². The van der Waals surface area contributed by atoms with Crippen LogP contribution in [0.4, 0.5) is 5.69 Å². The van der Waals surface area contributed by atoms with Gasteiger partial charge < -0.3 is 5.32 Å². The third kappa shape index (κ3) is 3.26. The average Bonchev–Trinajstić information content (AvgIpc) is 2.25. The van der Waals surface area contributed by atoms with E-state index in [2.05, 4.69) is 59.7 Å². The van der Waals surface area contributed by atoms with Crippen molar-refractivity contribution in [3.63, 3.8) is 0 Å². The second-order valence-corrected chi connectivity index (χ2v) is 7.21. The van der Waals surface area contributed by atoms with Gasteiger partial charge in [-0.3, -0.25) is 4.98 Å². The molecule has 0 radical (unpaired) electrons. The van der Waals surface area contributed by atoms with Crippen molar-refractivity contribution in [2.45, 2.75) is 20.8 Å². The Labute approximate surface area is 126 Å². The van der Waals surface area contributed by atoms with Crippen LogP contribution in [-0.4, -0.2) is 11.5 Å². The largest absolute Gasteiger partial charge is 0.384 e. The first-order valence-electron chi connectivity index (χ1n) is 5.84. The van der Waals surface area contributed by atoms with Crippen molar-refractivity contribution in [2.24, 2.45) is 5.41 Å². The van der Waals surface area contributed by atoms with Crippen molar-refractivity contribution < 1.29 is 0 Å². The number of rotatable bonds is 2. The van der Waals surface area contributed by atoms with Gasteiger partial charge in [0.1, 0.15) is 0 Å². The second kappa shape index (κ2) is 5.21. The van der Waals surface area contributed by atoms with E-state index in [4.69, 9.17) is 11.6 Å². The molecule has 0 saturated carbocycles. The first kappa shape index (κ1) is 13.9. The number of pyridine rings is 1. The number of hydrogen-bond donors (Lipinski definition) is 1. The summed E-state index contributed by atoms with van der Waals surface area (Å²) < 4.78 is 1.12. The molecule has 0 atom stereocenters. The van der Waals surface area contributed by atoms with Crippen LogP contribution in [0.3, 0.4) is 0 Å². The third-order valence-corrected chi connectivity index (χ3v) is 3.48. The highest BCUT2D eigenvalue weighted by Gasteiger charge is 2.12. The molecule has 2 aromatic rings. The molecule has 1 aromatic carbocycles. The zero-order chi connectivity index (χ0) is 13.3. The summed E-state index contributed by atoms with van der Waals surface area (Å²) in [5.41, 5.74) is 2.19. The Hall–Kier alpha value is -0.550. The summed E-state index contributed by atoms with van der Waals surface area (Å²) >= 11 is 8.50. The van der Waals surface area contributed by atoms with E-state index in [1.54, 1.807) is 6.20 Å². The minimum Gasteiger partial charge on any atom is -0.384 e. The summed E-state index contributed by atoms with van der Waals surface area (Å²) in [6.07, 6.45) is 1.80. The molecule has 96 valence electrons. The minimum atomic E-state index is 0.237. The lowest BCUT2D eigenvalue weighted by Crippen LogP contribution is -2.19. The summed E-state index contributed by atoms with van der Waals surface area (Å²) in [5.74, 6) is 0. The van der Waals surface area contributed by atoms with E-state index >= 15 is 0 Å². The summed E-state index contributed by atoms with van der Waals surface area (Å²) in [4.78, 5) is 4.35. The summed E-state index contributed by atoms with van der Waals surface area (Å²) in [6, 6.07) is 6.05. The van der Waals surface area contributed by atoms with Gasteiger partial charge in [0.25, 0.3) is 0 Å². The maximum Gasteiger partial charge on any atom is 0.0909 e. The summed E-state index contributed by atoms with van der Waals surface area (Å²) in [6.45, 7) is 7.54. The first-order chi connectivity index (χ1) is 8.37. The van der Waals surface area contributed by atoms with Gasteiger partial charge in [-0.15, -0.1) is 0 Å². The Morgan fingerprint density at radius 2 is 2.06 bits per heavy atom. The lowest BCUT2D eigenvalue weighted by molar-refractivity contribution is 0.443. The van der Waals surface area contributed by atoms with Gasteiger partial charge in [0.15, 0.2) is 0 Å². The predicted molar refractivity (Wildman–Crippen MR) is 87.4 cm³/mol. The van der Waals surface area contributed by atoms with Gasteiger partial charge in [-0.25, -0.2) is 0 Å². The highest BCUT2D eigenvalue weighted by Crippen LogP contribution is 2.30. The SMILES string of the molecule is CC(C)(C)CNc1ccnc2c(Cl)cc(I)cc12. The first-order valence-corrected chi connectivity index (χ1v) is 7.30. The van der Waals surface area contributed by atoms with E-state index in [0.29, 0.717) is 5.02 Å². The zero-order valence-electron chi connectivity index (χ0n) is 10.7. The fraction of sp³-hybridized carbons (Fsp3) is 0.357. The predicted octanol–water partition coefficient (Wildman–Crippen LogP) is 4.95. The van der Waals surface area contributed by atoms with E-state index in [9.17, 15) is 0 Å². The fourth-order valence-corrected chi connectivity index (χ4v) is 2.77. The lowest BCUT2D eigenvalue weighted by atomic mass is 9.97. The normalized spacial score (nSPS) is 11.8. The van der Waals surface area contributed by atoms with Crippen molar-refractivity contribution in [3.8, 4) is 0 Å².